The summed E-state index contributed by atoms with van der Waals surface area (Å²) in [6, 6.07) is 8.65. The Morgan fingerprint density at radius 3 is 2.75 bits per heavy atom. The van der Waals surface area contributed by atoms with Gasteiger partial charge in [-0.05, 0) is 36.5 Å². The van der Waals surface area contributed by atoms with Crippen LogP contribution in [0.25, 0.3) is 0 Å². The number of nitrogens with one attached hydrogen (secondary N) is 1. The molecule has 0 aromatic carbocycles. The van der Waals surface area contributed by atoms with Crippen molar-refractivity contribution in [3.05, 3.63) is 43.7 Å². The largest absolute Gasteiger partial charge is 0.305 e. The number of thiophene rings is 2. The quantitative estimate of drug-likeness (QED) is 0.841. The Hall–Kier alpha value is -0.350. The minimum absolute atomic E-state index is 0.303. The van der Waals surface area contributed by atoms with Gasteiger partial charge in [0.15, 0.2) is 0 Å². The van der Waals surface area contributed by atoms with E-state index in [1.807, 2.05) is 6.07 Å². The maximum absolute atomic E-state index is 5.99. The molecule has 4 heteroatoms. The zero-order valence-corrected chi connectivity index (χ0v) is 11.5. The molecule has 2 aromatic rings. The number of hydrogen-bond donors (Lipinski definition) is 1. The van der Waals surface area contributed by atoms with Crippen molar-refractivity contribution in [2.45, 2.75) is 19.4 Å². The van der Waals surface area contributed by atoms with Gasteiger partial charge in [0.1, 0.15) is 0 Å². The molecule has 0 amide bonds. The summed E-state index contributed by atoms with van der Waals surface area (Å²) in [6.07, 6.45) is 1.14. The Morgan fingerprint density at radius 1 is 1.31 bits per heavy atom. The molecule has 0 saturated heterocycles. The van der Waals surface area contributed by atoms with Gasteiger partial charge in [-0.1, -0.05) is 24.6 Å². The summed E-state index contributed by atoms with van der Waals surface area (Å²) in [4.78, 5) is 2.65. The van der Waals surface area contributed by atoms with Crippen LogP contribution in [-0.4, -0.2) is 6.54 Å². The molecule has 0 aliphatic rings. The second kappa shape index (κ2) is 5.82. The molecule has 1 unspecified atom stereocenters. The van der Waals surface area contributed by atoms with Crippen LogP contribution in [0, 0.1) is 0 Å². The molecule has 0 spiro atoms. The summed E-state index contributed by atoms with van der Waals surface area (Å²) in [5, 5.41) is 5.68. The highest BCUT2D eigenvalue weighted by Crippen LogP contribution is 2.32. The van der Waals surface area contributed by atoms with E-state index >= 15 is 0 Å². The lowest BCUT2D eigenvalue weighted by Crippen LogP contribution is -2.21. The fraction of sp³-hybridized carbons (Fsp3) is 0.333. The van der Waals surface area contributed by atoms with Gasteiger partial charge in [0.2, 0.25) is 0 Å². The minimum atomic E-state index is 0.303. The van der Waals surface area contributed by atoms with Crippen LogP contribution in [0.15, 0.2) is 29.6 Å². The standard InChI is InChI=1S/C12H14ClNS2/c1-2-7-14-12(9-4-3-8-15-9)10-5-6-11(13)16-10/h3-6,8,12,14H,2,7H2,1H3. The second-order valence-electron chi connectivity index (χ2n) is 3.54. The number of halogens is 1. The van der Waals surface area contributed by atoms with E-state index in [1.54, 1.807) is 22.7 Å². The van der Waals surface area contributed by atoms with Crippen LogP contribution in [0.5, 0.6) is 0 Å². The number of hydrogen-bond acceptors (Lipinski definition) is 3. The van der Waals surface area contributed by atoms with Crippen molar-refractivity contribution in [2.75, 3.05) is 6.54 Å². The van der Waals surface area contributed by atoms with Crippen molar-refractivity contribution in [3.63, 3.8) is 0 Å². The lowest BCUT2D eigenvalue weighted by molar-refractivity contribution is 0.613. The fourth-order valence-electron chi connectivity index (χ4n) is 1.57. The third-order valence-corrected chi connectivity index (χ3v) is 4.54. The highest BCUT2D eigenvalue weighted by molar-refractivity contribution is 7.16. The lowest BCUT2D eigenvalue weighted by Gasteiger charge is -2.15. The van der Waals surface area contributed by atoms with Crippen LogP contribution in [-0.2, 0) is 0 Å². The number of rotatable bonds is 5. The van der Waals surface area contributed by atoms with E-state index in [2.05, 4.69) is 35.8 Å². The van der Waals surface area contributed by atoms with Crippen LogP contribution in [0.4, 0.5) is 0 Å². The Morgan fingerprint density at radius 2 is 2.19 bits per heavy atom. The van der Waals surface area contributed by atoms with E-state index in [0.717, 1.165) is 17.3 Å². The fourth-order valence-corrected chi connectivity index (χ4v) is 3.62. The topological polar surface area (TPSA) is 12.0 Å². The molecule has 2 heterocycles. The third kappa shape index (κ3) is 2.86. The van der Waals surface area contributed by atoms with Crippen molar-refractivity contribution < 1.29 is 0 Å². The summed E-state index contributed by atoms with van der Waals surface area (Å²) in [5.41, 5.74) is 0. The lowest BCUT2D eigenvalue weighted by atomic mass is 10.2. The van der Waals surface area contributed by atoms with E-state index in [4.69, 9.17) is 11.6 Å². The van der Waals surface area contributed by atoms with E-state index in [0.29, 0.717) is 6.04 Å². The van der Waals surface area contributed by atoms with Gasteiger partial charge in [0.05, 0.1) is 10.4 Å². The van der Waals surface area contributed by atoms with Crippen LogP contribution < -0.4 is 5.32 Å². The molecule has 0 radical (unpaired) electrons. The van der Waals surface area contributed by atoms with Gasteiger partial charge in [-0.25, -0.2) is 0 Å². The highest BCUT2D eigenvalue weighted by atomic mass is 35.5. The van der Waals surface area contributed by atoms with Gasteiger partial charge in [0.25, 0.3) is 0 Å². The van der Waals surface area contributed by atoms with Crippen molar-refractivity contribution in [3.8, 4) is 0 Å². The summed E-state index contributed by atoms with van der Waals surface area (Å²) in [6.45, 7) is 3.21. The Bertz CT molecular complexity index is 422. The first-order valence-corrected chi connectivity index (χ1v) is 7.40. The van der Waals surface area contributed by atoms with Gasteiger partial charge in [0, 0.05) is 9.75 Å². The molecule has 0 aliphatic heterocycles. The minimum Gasteiger partial charge on any atom is -0.305 e. The predicted octanol–water partition coefficient (Wildman–Crippen LogP) is 4.55. The van der Waals surface area contributed by atoms with Crippen LogP contribution in [0.3, 0.4) is 0 Å². The first-order valence-electron chi connectivity index (χ1n) is 5.33. The first kappa shape index (κ1) is 12.1. The zero-order chi connectivity index (χ0) is 11.4. The van der Waals surface area contributed by atoms with Gasteiger partial charge >= 0.3 is 0 Å². The SMILES string of the molecule is CCCNC(c1cccs1)c1ccc(Cl)s1. The molecular weight excluding hydrogens is 258 g/mol. The monoisotopic (exact) mass is 271 g/mol. The van der Waals surface area contributed by atoms with Crippen molar-refractivity contribution in [1.82, 2.24) is 5.32 Å². The molecule has 2 aromatic heterocycles. The Kier molecular flexibility index (Phi) is 4.41. The zero-order valence-electron chi connectivity index (χ0n) is 9.07. The maximum Gasteiger partial charge on any atom is 0.0931 e. The summed E-state index contributed by atoms with van der Waals surface area (Å²) >= 11 is 9.43. The molecule has 1 nitrogen and oxygen atoms in total. The Labute approximate surface area is 109 Å². The first-order chi connectivity index (χ1) is 7.81. The average molecular weight is 272 g/mol. The molecule has 0 fully saturated rings. The summed E-state index contributed by atoms with van der Waals surface area (Å²) < 4.78 is 0.856. The molecular formula is C12H14ClNS2. The van der Waals surface area contributed by atoms with Gasteiger partial charge in [-0.15, -0.1) is 22.7 Å². The second-order valence-corrected chi connectivity index (χ2v) is 6.27. The summed E-state index contributed by atoms with van der Waals surface area (Å²) in [7, 11) is 0. The van der Waals surface area contributed by atoms with Crippen LogP contribution in [0.2, 0.25) is 4.34 Å². The van der Waals surface area contributed by atoms with Crippen LogP contribution >= 0.6 is 34.3 Å². The van der Waals surface area contributed by atoms with Crippen molar-refractivity contribution in [2.24, 2.45) is 0 Å². The molecule has 16 heavy (non-hydrogen) atoms. The third-order valence-electron chi connectivity index (χ3n) is 2.30. The van der Waals surface area contributed by atoms with Crippen molar-refractivity contribution >= 4 is 34.3 Å². The summed E-state index contributed by atoms with van der Waals surface area (Å²) in [5.74, 6) is 0. The normalized spacial score (nSPS) is 12.9. The predicted molar refractivity (Wildman–Crippen MR) is 73.8 cm³/mol. The van der Waals surface area contributed by atoms with Gasteiger partial charge in [-0.2, -0.15) is 0 Å². The van der Waals surface area contributed by atoms with E-state index in [-0.39, 0.29) is 0 Å². The molecule has 0 aliphatic carbocycles. The molecule has 1 N–H and O–H groups in total. The molecule has 2 rings (SSSR count). The van der Waals surface area contributed by atoms with Crippen LogP contribution in [0.1, 0.15) is 29.1 Å². The molecule has 1 atom stereocenters. The molecule has 86 valence electrons. The maximum atomic E-state index is 5.99. The van der Waals surface area contributed by atoms with E-state index in [1.165, 1.54) is 9.75 Å². The molecule has 0 bridgehead atoms. The van der Waals surface area contributed by atoms with Gasteiger partial charge in [-0.3, -0.25) is 0 Å². The van der Waals surface area contributed by atoms with E-state index in [9.17, 15) is 0 Å². The Balaban J connectivity index is 2.21. The average Bonchev–Trinajstić information content (AvgIpc) is 2.91. The van der Waals surface area contributed by atoms with Crippen molar-refractivity contribution in [1.29, 1.82) is 0 Å². The molecule has 0 saturated carbocycles. The van der Waals surface area contributed by atoms with Gasteiger partial charge < -0.3 is 5.32 Å². The highest BCUT2D eigenvalue weighted by Gasteiger charge is 2.15. The smallest absolute Gasteiger partial charge is 0.0931 e. The van der Waals surface area contributed by atoms with E-state index < -0.39 is 0 Å².